The minimum absolute atomic E-state index is 0.0256. The summed E-state index contributed by atoms with van der Waals surface area (Å²) < 4.78 is 2.96. The highest BCUT2D eigenvalue weighted by molar-refractivity contribution is 5.98. The molecule has 0 saturated carbocycles. The Kier molecular flexibility index (Phi) is 7.94. The highest BCUT2D eigenvalue weighted by Gasteiger charge is 2.26. The van der Waals surface area contributed by atoms with Crippen LogP contribution in [0.1, 0.15) is 17.5 Å². The molecular formula is C27H16IN4+. The van der Waals surface area contributed by atoms with Crippen LogP contribution in [0.15, 0.2) is 96.1 Å². The van der Waals surface area contributed by atoms with Crippen LogP contribution in [-0.2, 0) is 0 Å². The first-order valence-electron chi connectivity index (χ1n) is 9.63. The van der Waals surface area contributed by atoms with Crippen molar-refractivity contribution in [1.82, 2.24) is 0 Å². The molecule has 5 heteroatoms. The van der Waals surface area contributed by atoms with Gasteiger partial charge in [-0.05, 0) is 46.5 Å². The van der Waals surface area contributed by atoms with Gasteiger partial charge in [-0.1, -0.05) is 60.7 Å². The van der Waals surface area contributed by atoms with Crippen LogP contribution in [0.3, 0.4) is 0 Å². The Hall–Kier alpha value is -4.17. The van der Waals surface area contributed by atoms with E-state index < -0.39 is 0 Å². The summed E-state index contributed by atoms with van der Waals surface area (Å²) in [4.78, 5) is 0. The van der Waals surface area contributed by atoms with Crippen LogP contribution in [0.2, 0.25) is 0 Å². The molecule has 0 N–H and O–H groups in total. The van der Waals surface area contributed by atoms with E-state index in [-0.39, 0.29) is 38.8 Å². The third kappa shape index (κ3) is 5.30. The molecule has 32 heavy (non-hydrogen) atoms. The second-order valence-electron chi connectivity index (χ2n) is 6.56. The van der Waals surface area contributed by atoms with Crippen LogP contribution >= 0.6 is 0 Å². The first kappa shape index (κ1) is 22.5. The minimum Gasteiger partial charge on any atom is -0.192 e. The fourth-order valence-electron chi connectivity index (χ4n) is 3.22. The van der Waals surface area contributed by atoms with Crippen molar-refractivity contribution in [2.45, 2.75) is 6.42 Å². The third-order valence-electron chi connectivity index (χ3n) is 4.67. The lowest BCUT2D eigenvalue weighted by molar-refractivity contribution is -0.597. The second-order valence-corrected chi connectivity index (χ2v) is 9.59. The zero-order chi connectivity index (χ0) is 22.8. The molecule has 0 bridgehead atoms. The lowest BCUT2D eigenvalue weighted by Gasteiger charge is -1.99. The molecule has 0 unspecified atom stereocenters. The van der Waals surface area contributed by atoms with Crippen molar-refractivity contribution in [2.24, 2.45) is 0 Å². The minimum atomic E-state index is 0.0256. The van der Waals surface area contributed by atoms with Crippen molar-refractivity contribution >= 4 is 11.1 Å². The van der Waals surface area contributed by atoms with Crippen LogP contribution in [0.5, 0.6) is 0 Å². The molecule has 0 saturated heterocycles. The molecular weight excluding hydrogens is 507 g/mol. The van der Waals surface area contributed by atoms with E-state index in [1.807, 2.05) is 24.3 Å². The molecule has 150 valence electrons. The normalized spacial score (nSPS) is 10.9. The van der Waals surface area contributed by atoms with Gasteiger partial charge in [-0.15, -0.1) is 0 Å². The number of nitrogens with zero attached hydrogens (tertiary/aromatic N) is 4. The maximum Gasteiger partial charge on any atom is 0.357 e. The van der Waals surface area contributed by atoms with E-state index in [2.05, 4.69) is 60.7 Å². The zero-order valence-electron chi connectivity index (χ0n) is 17.0. The summed E-state index contributed by atoms with van der Waals surface area (Å²) in [5.74, 6) is 0. The van der Waals surface area contributed by atoms with Gasteiger partial charge < -0.3 is 0 Å². The molecule has 0 fully saturated rings. The van der Waals surface area contributed by atoms with Crippen molar-refractivity contribution in [3.8, 4) is 24.3 Å². The first-order valence-corrected chi connectivity index (χ1v) is 11.8. The molecule has 0 aliphatic heterocycles. The van der Waals surface area contributed by atoms with E-state index in [0.29, 0.717) is 11.1 Å². The number of benzene rings is 3. The molecule has 0 amide bonds. The first-order chi connectivity index (χ1) is 15.7. The maximum absolute atomic E-state index is 8.97. The number of halogens is 1. The van der Waals surface area contributed by atoms with Crippen molar-refractivity contribution in [1.29, 1.82) is 21.0 Å². The quantitative estimate of drug-likeness (QED) is 0.381. The maximum atomic E-state index is 8.97. The van der Waals surface area contributed by atoms with E-state index >= 15 is 0 Å². The Balaban J connectivity index is 0.000000193. The van der Waals surface area contributed by atoms with Crippen LogP contribution in [0.25, 0.3) is 11.1 Å². The van der Waals surface area contributed by atoms with Gasteiger partial charge >= 0.3 is 21.2 Å². The SMILES string of the molecule is N#CC(C#N)=C1CC(=C(C#N)C#N)c2ccccc21.c1ccc([I+]c2ccccc2)cc1. The number of hydrogen-bond donors (Lipinski definition) is 0. The van der Waals surface area contributed by atoms with Gasteiger partial charge in [-0.25, -0.2) is 0 Å². The van der Waals surface area contributed by atoms with Crippen LogP contribution < -0.4 is 21.2 Å². The Morgan fingerprint density at radius 3 is 1.22 bits per heavy atom. The van der Waals surface area contributed by atoms with E-state index in [9.17, 15) is 0 Å². The molecule has 4 nitrogen and oxygen atoms in total. The molecule has 1 aliphatic rings. The van der Waals surface area contributed by atoms with E-state index in [4.69, 9.17) is 21.0 Å². The third-order valence-corrected chi connectivity index (χ3v) is 7.35. The number of hydrogen-bond acceptors (Lipinski definition) is 4. The van der Waals surface area contributed by atoms with Crippen LogP contribution in [0.4, 0.5) is 0 Å². The summed E-state index contributed by atoms with van der Waals surface area (Å²) >= 11 is 0.0287. The smallest absolute Gasteiger partial charge is 0.192 e. The van der Waals surface area contributed by atoms with Crippen molar-refractivity contribution in [3.05, 3.63) is 114 Å². The van der Waals surface area contributed by atoms with E-state index in [0.717, 1.165) is 11.1 Å². The standard InChI is InChI=1S/C15H6N4.C12H10I/c16-6-10(7-17)14-5-15(11(8-18)9-19)13-4-2-1-3-12(13)14;1-3-7-11(8-4-1)13-12-9-5-2-6-10-12/h1-4H,5H2;1-10H/q;+1. The van der Waals surface area contributed by atoms with Crippen LogP contribution in [0, 0.1) is 52.5 Å². The van der Waals surface area contributed by atoms with Gasteiger partial charge in [-0.3, -0.25) is 0 Å². The van der Waals surface area contributed by atoms with Gasteiger partial charge in [-0.2, -0.15) is 21.0 Å². The molecule has 0 radical (unpaired) electrons. The second kappa shape index (κ2) is 11.3. The van der Waals surface area contributed by atoms with Gasteiger partial charge in [0, 0.05) is 6.42 Å². The highest BCUT2D eigenvalue weighted by Crippen LogP contribution is 2.43. The van der Waals surface area contributed by atoms with Gasteiger partial charge in [0.15, 0.2) is 7.14 Å². The van der Waals surface area contributed by atoms with Crippen molar-refractivity contribution < 1.29 is 21.2 Å². The summed E-state index contributed by atoms with van der Waals surface area (Å²) in [6.07, 6.45) is 0.270. The summed E-state index contributed by atoms with van der Waals surface area (Å²) in [6.45, 7) is 0. The summed E-state index contributed by atoms with van der Waals surface area (Å²) in [6, 6.07) is 36.0. The molecule has 3 aromatic carbocycles. The van der Waals surface area contributed by atoms with E-state index in [1.165, 1.54) is 7.14 Å². The molecule has 3 aromatic rings. The average Bonchev–Trinajstić information content (AvgIpc) is 3.22. The number of nitriles is 4. The predicted octanol–water partition coefficient (Wildman–Crippen LogP) is 2.51. The zero-order valence-corrected chi connectivity index (χ0v) is 19.1. The highest BCUT2D eigenvalue weighted by atomic mass is 127. The van der Waals surface area contributed by atoms with Gasteiger partial charge in [0.1, 0.15) is 35.4 Å². The summed E-state index contributed by atoms with van der Waals surface area (Å²) in [5.41, 5.74) is 2.71. The lowest BCUT2D eigenvalue weighted by Crippen LogP contribution is -3.61. The summed E-state index contributed by atoms with van der Waals surface area (Å²) in [7, 11) is 0. The average molecular weight is 523 g/mol. The van der Waals surface area contributed by atoms with E-state index in [1.54, 1.807) is 24.3 Å². The molecule has 4 rings (SSSR count). The molecule has 0 heterocycles. The van der Waals surface area contributed by atoms with Crippen molar-refractivity contribution in [2.75, 3.05) is 0 Å². The molecule has 0 atom stereocenters. The summed E-state index contributed by atoms with van der Waals surface area (Å²) in [5, 5.41) is 35.9. The number of fused-ring (bicyclic) bond motifs is 1. The lowest BCUT2D eigenvalue weighted by atomic mass is 10.0. The molecule has 1 aliphatic carbocycles. The largest absolute Gasteiger partial charge is 0.357 e. The van der Waals surface area contributed by atoms with Gasteiger partial charge in [0.05, 0.1) is 0 Å². The van der Waals surface area contributed by atoms with Crippen molar-refractivity contribution in [3.63, 3.8) is 0 Å². The fraction of sp³-hybridized carbons (Fsp3) is 0.0370. The Morgan fingerprint density at radius 2 is 0.875 bits per heavy atom. The fourth-order valence-corrected chi connectivity index (χ4v) is 5.49. The Labute approximate surface area is 197 Å². The monoisotopic (exact) mass is 523 g/mol. The molecule has 0 spiro atoms. The number of allylic oxidation sites excluding steroid dienone is 4. The molecule has 0 aromatic heterocycles. The Morgan fingerprint density at radius 1 is 0.531 bits per heavy atom. The Bertz CT molecular complexity index is 1210. The van der Waals surface area contributed by atoms with Crippen LogP contribution in [-0.4, -0.2) is 0 Å². The van der Waals surface area contributed by atoms with Gasteiger partial charge in [0.2, 0.25) is 0 Å². The topological polar surface area (TPSA) is 95.2 Å². The predicted molar refractivity (Wildman–Crippen MR) is 118 cm³/mol. The van der Waals surface area contributed by atoms with Gasteiger partial charge in [0.25, 0.3) is 0 Å². The number of rotatable bonds is 2.